The largest absolute Gasteiger partial charge is 0.465 e. The van der Waals surface area contributed by atoms with Crippen molar-refractivity contribution in [2.24, 2.45) is 5.73 Å². The maximum atomic E-state index is 11.6. The van der Waals surface area contributed by atoms with E-state index in [0.717, 1.165) is 0 Å². The molecular weight excluding hydrogens is 323 g/mol. The second-order valence-electron chi connectivity index (χ2n) is 3.92. The van der Waals surface area contributed by atoms with Crippen LogP contribution < -0.4 is 11.1 Å². The van der Waals surface area contributed by atoms with Gasteiger partial charge >= 0.3 is 11.9 Å². The van der Waals surface area contributed by atoms with Crippen molar-refractivity contribution < 1.29 is 23.9 Å². The first-order chi connectivity index (χ1) is 9.46. The molecular formula is C12H22Cl2N2O5. The van der Waals surface area contributed by atoms with Gasteiger partial charge in [0.25, 0.3) is 0 Å². The number of esters is 2. The van der Waals surface area contributed by atoms with Crippen molar-refractivity contribution in [3.05, 3.63) is 0 Å². The number of nitrogens with one attached hydrogen (secondary N) is 1. The Morgan fingerprint density at radius 2 is 1.67 bits per heavy atom. The van der Waals surface area contributed by atoms with Gasteiger partial charge in [0.15, 0.2) is 0 Å². The molecule has 0 aromatic heterocycles. The van der Waals surface area contributed by atoms with Crippen LogP contribution in [0.25, 0.3) is 0 Å². The van der Waals surface area contributed by atoms with Crippen LogP contribution in [0.1, 0.15) is 26.7 Å². The van der Waals surface area contributed by atoms with Gasteiger partial charge in [-0.25, -0.2) is 4.79 Å². The highest BCUT2D eigenvalue weighted by molar-refractivity contribution is 6.19. The maximum Gasteiger partial charge on any atom is 0.329 e. The summed E-state index contributed by atoms with van der Waals surface area (Å²) in [6.45, 7) is 3.76. The van der Waals surface area contributed by atoms with Crippen molar-refractivity contribution in [2.75, 3.05) is 19.1 Å². The second-order valence-corrected chi connectivity index (χ2v) is 4.23. The Kier molecular flexibility index (Phi) is 13.4. The zero-order valence-electron chi connectivity index (χ0n) is 12.1. The predicted molar refractivity (Wildman–Crippen MR) is 80.4 cm³/mol. The first-order valence-corrected chi connectivity index (χ1v) is 6.93. The molecule has 0 bridgehead atoms. The number of carbonyl (C=O) groups is 3. The van der Waals surface area contributed by atoms with Crippen LogP contribution in [0.2, 0.25) is 0 Å². The van der Waals surface area contributed by atoms with Crippen LogP contribution in [0.3, 0.4) is 0 Å². The maximum absolute atomic E-state index is 11.6. The van der Waals surface area contributed by atoms with Crippen molar-refractivity contribution in [2.45, 2.75) is 38.8 Å². The molecule has 0 saturated carbocycles. The average Bonchev–Trinajstić information content (AvgIpc) is 2.42. The molecule has 2 unspecified atom stereocenters. The number of amides is 1. The van der Waals surface area contributed by atoms with Crippen LogP contribution in [0, 0.1) is 0 Å². The predicted octanol–water partition coefficient (Wildman–Crippen LogP) is 0.365. The fourth-order valence-corrected chi connectivity index (χ4v) is 1.53. The van der Waals surface area contributed by atoms with E-state index < -0.39 is 29.9 Å². The number of rotatable bonds is 9. The normalized spacial score (nSPS) is 12.6. The van der Waals surface area contributed by atoms with E-state index in [2.05, 4.69) is 5.32 Å². The molecule has 1 amide bonds. The van der Waals surface area contributed by atoms with Crippen molar-refractivity contribution in [1.29, 1.82) is 0 Å². The lowest BCUT2D eigenvalue weighted by atomic mass is 10.1. The van der Waals surface area contributed by atoms with E-state index in [1.807, 2.05) is 0 Å². The van der Waals surface area contributed by atoms with Gasteiger partial charge in [0.1, 0.15) is 12.1 Å². The summed E-state index contributed by atoms with van der Waals surface area (Å²) < 4.78 is 9.47. The number of hydrogen-bond donors (Lipinski definition) is 2. The van der Waals surface area contributed by atoms with E-state index >= 15 is 0 Å². The standard InChI is InChI=1S/C12H21ClN2O5.ClH/c1-3-19-11(17)8(14)5-6-10(16)15-9(7-13)12(18)20-4-2;/h8-9H,3-7,14H2,1-2H3,(H,15,16);1H. The summed E-state index contributed by atoms with van der Waals surface area (Å²) in [5, 5.41) is 2.42. The second kappa shape index (κ2) is 12.7. The molecule has 0 saturated heterocycles. The van der Waals surface area contributed by atoms with Gasteiger partial charge in [-0.05, 0) is 20.3 Å². The van der Waals surface area contributed by atoms with Crippen LogP contribution in [-0.2, 0) is 23.9 Å². The van der Waals surface area contributed by atoms with E-state index in [9.17, 15) is 14.4 Å². The van der Waals surface area contributed by atoms with E-state index in [4.69, 9.17) is 26.8 Å². The van der Waals surface area contributed by atoms with Gasteiger partial charge in [-0.15, -0.1) is 24.0 Å². The number of halogens is 2. The highest BCUT2D eigenvalue weighted by Gasteiger charge is 2.22. The van der Waals surface area contributed by atoms with Gasteiger partial charge in [-0.3, -0.25) is 9.59 Å². The Hall–Kier alpha value is -1.05. The van der Waals surface area contributed by atoms with Gasteiger partial charge in [-0.1, -0.05) is 0 Å². The first-order valence-electron chi connectivity index (χ1n) is 6.40. The SMILES string of the molecule is CCOC(=O)C(N)CCC(=O)NC(CCl)C(=O)OCC.Cl. The van der Waals surface area contributed by atoms with Gasteiger partial charge in [0.05, 0.1) is 19.1 Å². The fourth-order valence-electron chi connectivity index (χ4n) is 1.32. The smallest absolute Gasteiger partial charge is 0.329 e. The molecule has 7 nitrogen and oxygen atoms in total. The Balaban J connectivity index is 0. The van der Waals surface area contributed by atoms with E-state index in [1.165, 1.54) is 0 Å². The molecule has 3 N–H and O–H groups in total. The summed E-state index contributed by atoms with van der Waals surface area (Å²) in [6.07, 6.45) is 0.120. The van der Waals surface area contributed by atoms with Crippen LogP contribution in [0.15, 0.2) is 0 Å². The molecule has 0 fully saturated rings. The topological polar surface area (TPSA) is 108 Å². The summed E-state index contributed by atoms with van der Waals surface area (Å²) >= 11 is 5.58. The third-order valence-corrected chi connectivity index (χ3v) is 2.64. The number of alkyl halides is 1. The Bertz CT molecular complexity index is 342. The van der Waals surface area contributed by atoms with Crippen LogP contribution in [-0.4, -0.2) is 49.0 Å². The Morgan fingerprint density at radius 3 is 2.14 bits per heavy atom. The minimum absolute atomic E-state index is 0. The van der Waals surface area contributed by atoms with E-state index in [0.29, 0.717) is 0 Å². The van der Waals surface area contributed by atoms with Gasteiger partial charge in [0, 0.05) is 6.42 Å². The van der Waals surface area contributed by atoms with Crippen molar-refractivity contribution >= 4 is 41.9 Å². The number of carbonyl (C=O) groups excluding carboxylic acids is 3. The lowest BCUT2D eigenvalue weighted by Crippen LogP contribution is -2.44. The Labute approximate surface area is 135 Å². The van der Waals surface area contributed by atoms with E-state index in [1.54, 1.807) is 13.8 Å². The Morgan fingerprint density at radius 1 is 1.14 bits per heavy atom. The van der Waals surface area contributed by atoms with Crippen LogP contribution >= 0.6 is 24.0 Å². The lowest BCUT2D eigenvalue weighted by molar-refractivity contribution is -0.147. The minimum atomic E-state index is -0.900. The van der Waals surface area contributed by atoms with Crippen molar-refractivity contribution in [3.63, 3.8) is 0 Å². The molecule has 9 heteroatoms. The molecule has 2 atom stereocenters. The zero-order valence-corrected chi connectivity index (χ0v) is 13.7. The molecule has 0 rings (SSSR count). The number of ether oxygens (including phenoxy) is 2. The molecule has 0 aliphatic heterocycles. The third kappa shape index (κ3) is 9.49. The van der Waals surface area contributed by atoms with Gasteiger partial charge in [-0.2, -0.15) is 0 Å². The molecule has 0 heterocycles. The van der Waals surface area contributed by atoms with Crippen LogP contribution in [0.4, 0.5) is 0 Å². The van der Waals surface area contributed by atoms with Gasteiger partial charge < -0.3 is 20.5 Å². The quantitative estimate of drug-likeness (QED) is 0.462. The molecule has 21 heavy (non-hydrogen) atoms. The van der Waals surface area contributed by atoms with Gasteiger partial charge in [0.2, 0.25) is 5.91 Å². The monoisotopic (exact) mass is 344 g/mol. The first kappa shape index (κ1) is 22.2. The van der Waals surface area contributed by atoms with Crippen molar-refractivity contribution in [3.8, 4) is 0 Å². The zero-order chi connectivity index (χ0) is 15.5. The summed E-state index contributed by atoms with van der Waals surface area (Å²) in [5.74, 6) is -1.66. The third-order valence-electron chi connectivity index (χ3n) is 2.33. The lowest BCUT2D eigenvalue weighted by Gasteiger charge is -2.15. The molecule has 0 aromatic carbocycles. The number of nitrogens with two attached hydrogens (primary N) is 1. The fraction of sp³-hybridized carbons (Fsp3) is 0.750. The minimum Gasteiger partial charge on any atom is -0.465 e. The summed E-state index contributed by atoms with van der Waals surface area (Å²) in [4.78, 5) is 34.3. The highest BCUT2D eigenvalue weighted by Crippen LogP contribution is 2.00. The summed E-state index contributed by atoms with van der Waals surface area (Å²) in [7, 11) is 0. The number of hydrogen-bond acceptors (Lipinski definition) is 6. The van der Waals surface area contributed by atoms with Crippen LogP contribution in [0.5, 0.6) is 0 Å². The molecule has 0 aliphatic carbocycles. The van der Waals surface area contributed by atoms with E-state index in [-0.39, 0.29) is 44.3 Å². The molecule has 124 valence electrons. The molecule has 0 aliphatic rings. The average molecular weight is 345 g/mol. The summed E-state index contributed by atoms with van der Waals surface area (Å²) in [6, 6.07) is -1.76. The van der Waals surface area contributed by atoms with Crippen molar-refractivity contribution in [1.82, 2.24) is 5.32 Å². The molecule has 0 spiro atoms. The molecule has 0 radical (unpaired) electrons. The molecule has 0 aromatic rings. The highest BCUT2D eigenvalue weighted by atomic mass is 35.5. The summed E-state index contributed by atoms with van der Waals surface area (Å²) in [5.41, 5.74) is 5.55.